The standard InChI is InChI=1S/C31H37ClF2N6O2/c1-19-13-25(20(2)40-18-35-36-37-40)26(15-29(19)32)21-5-9-38(10-6-21)31(41)28-17-39(23-7-11-42-12-8-23)16-27(28)24-4-3-22(33)14-30(24)34/h3-4,13-15,18,20-21,23,27-28H,5-12,16-17H2,1-2H3/t20-,27-,28?/m0/s1. The van der Waals surface area contributed by atoms with Gasteiger partial charge >= 0.3 is 0 Å². The van der Waals surface area contributed by atoms with E-state index in [9.17, 15) is 9.18 Å². The molecular weight excluding hydrogens is 562 g/mol. The van der Waals surface area contributed by atoms with Crippen molar-refractivity contribution in [1.82, 2.24) is 30.0 Å². The van der Waals surface area contributed by atoms with E-state index in [2.05, 4.69) is 39.5 Å². The summed E-state index contributed by atoms with van der Waals surface area (Å²) >= 11 is 6.60. The minimum atomic E-state index is -0.606. The number of aromatic nitrogens is 4. The summed E-state index contributed by atoms with van der Waals surface area (Å²) in [4.78, 5) is 18.4. The van der Waals surface area contributed by atoms with Crippen molar-refractivity contribution in [3.8, 4) is 0 Å². The Morgan fingerprint density at radius 3 is 2.50 bits per heavy atom. The Morgan fingerprint density at radius 2 is 1.81 bits per heavy atom. The molecule has 0 bridgehead atoms. The fraction of sp³-hybridized carbons (Fsp3) is 0.548. The number of carbonyl (C=O) groups is 1. The molecule has 224 valence electrons. The number of halogens is 3. The molecule has 0 saturated carbocycles. The van der Waals surface area contributed by atoms with Gasteiger partial charge in [0, 0.05) is 62.4 Å². The first-order chi connectivity index (χ1) is 20.3. The Morgan fingerprint density at radius 1 is 1.05 bits per heavy atom. The monoisotopic (exact) mass is 598 g/mol. The SMILES string of the molecule is Cc1cc([C@H](C)n2cnnn2)c(C2CCN(C(=O)C3CN(C4CCOCC4)C[C@H]3c3ccc(F)cc3F)CC2)cc1Cl. The molecule has 3 fully saturated rings. The number of aryl methyl sites for hydroxylation is 1. The molecule has 3 aliphatic rings. The van der Waals surface area contributed by atoms with Gasteiger partial charge in [-0.3, -0.25) is 9.69 Å². The molecule has 0 radical (unpaired) electrons. The molecule has 0 spiro atoms. The molecule has 42 heavy (non-hydrogen) atoms. The van der Waals surface area contributed by atoms with Gasteiger partial charge in [-0.15, -0.1) is 5.10 Å². The lowest BCUT2D eigenvalue weighted by atomic mass is 9.83. The van der Waals surface area contributed by atoms with Crippen LogP contribution in [0.4, 0.5) is 8.78 Å². The van der Waals surface area contributed by atoms with Gasteiger partial charge in [0.2, 0.25) is 5.91 Å². The molecule has 0 N–H and O–H groups in total. The lowest BCUT2D eigenvalue weighted by molar-refractivity contribution is -0.136. The normalized spacial score (nSPS) is 23.4. The summed E-state index contributed by atoms with van der Waals surface area (Å²) in [5.74, 6) is -1.60. The average molecular weight is 599 g/mol. The molecule has 4 heterocycles. The van der Waals surface area contributed by atoms with Crippen molar-refractivity contribution < 1.29 is 18.3 Å². The number of hydrogen-bond donors (Lipinski definition) is 0. The quantitative estimate of drug-likeness (QED) is 0.392. The van der Waals surface area contributed by atoms with E-state index in [0.717, 1.165) is 47.9 Å². The largest absolute Gasteiger partial charge is 0.381 e. The molecule has 3 atom stereocenters. The predicted octanol–water partition coefficient (Wildman–Crippen LogP) is 5.12. The molecule has 3 saturated heterocycles. The average Bonchev–Trinajstić information content (AvgIpc) is 3.70. The first kappa shape index (κ1) is 29.1. The lowest BCUT2D eigenvalue weighted by Crippen LogP contribution is -2.44. The maximum atomic E-state index is 15.0. The molecule has 3 aliphatic heterocycles. The lowest BCUT2D eigenvalue weighted by Gasteiger charge is -2.36. The molecule has 2 aromatic carbocycles. The van der Waals surface area contributed by atoms with E-state index in [1.54, 1.807) is 11.0 Å². The van der Waals surface area contributed by atoms with Crippen LogP contribution in [0.2, 0.25) is 5.02 Å². The number of amides is 1. The van der Waals surface area contributed by atoms with Crippen LogP contribution < -0.4 is 0 Å². The van der Waals surface area contributed by atoms with Gasteiger partial charge in [-0.1, -0.05) is 23.7 Å². The molecule has 1 unspecified atom stereocenters. The van der Waals surface area contributed by atoms with Crippen LogP contribution in [0.1, 0.15) is 72.7 Å². The van der Waals surface area contributed by atoms with Gasteiger partial charge in [0.05, 0.1) is 12.0 Å². The van der Waals surface area contributed by atoms with Crippen LogP contribution in [0.5, 0.6) is 0 Å². The third kappa shape index (κ3) is 5.81. The summed E-state index contributed by atoms with van der Waals surface area (Å²) in [6, 6.07) is 8.16. The maximum Gasteiger partial charge on any atom is 0.227 e. The number of piperidine rings is 1. The highest BCUT2D eigenvalue weighted by Crippen LogP contribution is 2.40. The second kappa shape index (κ2) is 12.3. The van der Waals surface area contributed by atoms with Crippen molar-refractivity contribution in [2.75, 3.05) is 39.4 Å². The highest BCUT2D eigenvalue weighted by molar-refractivity contribution is 6.31. The summed E-state index contributed by atoms with van der Waals surface area (Å²) in [6.07, 6.45) is 5.01. The van der Waals surface area contributed by atoms with E-state index in [0.29, 0.717) is 51.0 Å². The van der Waals surface area contributed by atoms with E-state index in [1.165, 1.54) is 17.7 Å². The van der Waals surface area contributed by atoms with Gasteiger partial charge in [0.25, 0.3) is 0 Å². The summed E-state index contributed by atoms with van der Waals surface area (Å²) in [7, 11) is 0. The van der Waals surface area contributed by atoms with Crippen molar-refractivity contribution in [3.63, 3.8) is 0 Å². The van der Waals surface area contributed by atoms with Gasteiger partial charge in [-0.2, -0.15) is 0 Å². The number of carbonyl (C=O) groups excluding carboxylic acids is 1. The van der Waals surface area contributed by atoms with Crippen molar-refractivity contribution in [1.29, 1.82) is 0 Å². The zero-order chi connectivity index (χ0) is 29.4. The second-order valence-electron chi connectivity index (χ2n) is 12.0. The fourth-order valence-electron chi connectivity index (χ4n) is 7.12. The Balaban J connectivity index is 1.20. The maximum absolute atomic E-state index is 15.0. The van der Waals surface area contributed by atoms with Crippen LogP contribution >= 0.6 is 11.6 Å². The Kier molecular flexibility index (Phi) is 8.56. The van der Waals surface area contributed by atoms with Crippen LogP contribution in [0.25, 0.3) is 0 Å². The minimum Gasteiger partial charge on any atom is -0.381 e. The summed E-state index contributed by atoms with van der Waals surface area (Å²) in [5, 5.41) is 12.4. The van der Waals surface area contributed by atoms with Crippen LogP contribution in [0.15, 0.2) is 36.7 Å². The minimum absolute atomic E-state index is 0.0564. The van der Waals surface area contributed by atoms with Crippen LogP contribution in [-0.2, 0) is 9.53 Å². The van der Waals surface area contributed by atoms with Crippen molar-refractivity contribution >= 4 is 17.5 Å². The number of likely N-dealkylation sites (tertiary alicyclic amines) is 2. The summed E-state index contributed by atoms with van der Waals surface area (Å²) in [6.45, 7) is 7.83. The smallest absolute Gasteiger partial charge is 0.227 e. The number of ether oxygens (including phenoxy) is 1. The van der Waals surface area contributed by atoms with E-state index in [1.807, 2.05) is 11.8 Å². The van der Waals surface area contributed by atoms with E-state index in [-0.39, 0.29) is 29.7 Å². The van der Waals surface area contributed by atoms with Crippen LogP contribution in [0.3, 0.4) is 0 Å². The van der Waals surface area contributed by atoms with Gasteiger partial charge in [-0.05, 0) is 90.3 Å². The van der Waals surface area contributed by atoms with E-state index < -0.39 is 11.6 Å². The van der Waals surface area contributed by atoms with Gasteiger partial charge < -0.3 is 9.64 Å². The molecular formula is C31H37ClF2N6O2. The molecule has 1 amide bonds. The third-order valence-corrected chi connectivity index (χ3v) is 9.96. The zero-order valence-corrected chi connectivity index (χ0v) is 24.8. The van der Waals surface area contributed by atoms with E-state index in [4.69, 9.17) is 16.3 Å². The summed E-state index contributed by atoms with van der Waals surface area (Å²) in [5.41, 5.74) is 3.72. The molecule has 0 aliphatic carbocycles. The second-order valence-corrected chi connectivity index (χ2v) is 12.4. The molecule has 3 aromatic rings. The highest BCUT2D eigenvalue weighted by atomic mass is 35.5. The predicted molar refractivity (Wildman–Crippen MR) is 154 cm³/mol. The van der Waals surface area contributed by atoms with Crippen molar-refractivity contribution in [3.05, 3.63) is 75.6 Å². The molecule has 1 aromatic heterocycles. The van der Waals surface area contributed by atoms with Gasteiger partial charge in [0.15, 0.2) is 0 Å². The first-order valence-electron chi connectivity index (χ1n) is 14.9. The third-order valence-electron chi connectivity index (χ3n) is 9.56. The fourth-order valence-corrected chi connectivity index (χ4v) is 7.29. The molecule has 8 nitrogen and oxygen atoms in total. The van der Waals surface area contributed by atoms with Crippen molar-refractivity contribution in [2.24, 2.45) is 5.92 Å². The van der Waals surface area contributed by atoms with E-state index >= 15 is 4.39 Å². The van der Waals surface area contributed by atoms with Crippen molar-refractivity contribution in [2.45, 2.75) is 63.5 Å². The molecule has 11 heteroatoms. The molecule has 6 rings (SSSR count). The van der Waals surface area contributed by atoms with Crippen LogP contribution in [0, 0.1) is 24.5 Å². The van der Waals surface area contributed by atoms with Gasteiger partial charge in [-0.25, -0.2) is 13.5 Å². The summed E-state index contributed by atoms with van der Waals surface area (Å²) < 4.78 is 36.1. The Labute approximate surface area is 250 Å². The number of tetrazole rings is 1. The highest BCUT2D eigenvalue weighted by Gasteiger charge is 2.44. The number of nitrogens with zero attached hydrogens (tertiary/aromatic N) is 6. The first-order valence-corrected chi connectivity index (χ1v) is 15.3. The van der Waals surface area contributed by atoms with Crippen LogP contribution in [-0.4, -0.2) is 81.3 Å². The zero-order valence-electron chi connectivity index (χ0n) is 24.1. The topological polar surface area (TPSA) is 76.4 Å². The van der Waals surface area contributed by atoms with Gasteiger partial charge in [0.1, 0.15) is 18.0 Å². The Hall–Kier alpha value is -2.95. The number of hydrogen-bond acceptors (Lipinski definition) is 6. The number of benzene rings is 2. The Bertz CT molecular complexity index is 1410. The number of rotatable bonds is 6.